The van der Waals surface area contributed by atoms with E-state index in [0.717, 1.165) is 15.6 Å². The van der Waals surface area contributed by atoms with Crippen LogP contribution in [0.3, 0.4) is 0 Å². The summed E-state index contributed by atoms with van der Waals surface area (Å²) in [5, 5.41) is 0. The van der Waals surface area contributed by atoms with E-state index in [9.17, 15) is 9.59 Å². The van der Waals surface area contributed by atoms with Crippen molar-refractivity contribution in [2.24, 2.45) is 0 Å². The van der Waals surface area contributed by atoms with Crippen molar-refractivity contribution in [2.45, 2.75) is 19.9 Å². The van der Waals surface area contributed by atoms with Crippen LogP contribution in [0.15, 0.2) is 42.5 Å². The highest BCUT2D eigenvalue weighted by atomic mass is 127. The molecule has 106 valence electrons. The summed E-state index contributed by atoms with van der Waals surface area (Å²) in [4.78, 5) is 26.1. The van der Waals surface area contributed by atoms with Crippen LogP contribution in [0.4, 0.5) is 0 Å². The standard InChI is InChI=1S/C17H14INO2/c1-2-11-3-5-12(6-4-11)10-19-16(20)14-8-7-13(18)9-15(14)17(19)21/h3-9H,2,10H2,1H3. The van der Waals surface area contributed by atoms with Gasteiger partial charge in [0.15, 0.2) is 0 Å². The summed E-state index contributed by atoms with van der Waals surface area (Å²) in [5.74, 6) is -0.404. The Balaban J connectivity index is 1.87. The molecule has 1 heterocycles. The van der Waals surface area contributed by atoms with E-state index in [2.05, 4.69) is 29.5 Å². The number of benzene rings is 2. The first-order valence-electron chi connectivity index (χ1n) is 6.83. The molecule has 4 heteroatoms. The topological polar surface area (TPSA) is 37.4 Å². The van der Waals surface area contributed by atoms with E-state index in [1.807, 2.05) is 30.3 Å². The molecule has 3 nitrogen and oxygen atoms in total. The summed E-state index contributed by atoms with van der Waals surface area (Å²) in [6, 6.07) is 13.4. The van der Waals surface area contributed by atoms with Crippen LogP contribution in [0.25, 0.3) is 0 Å². The van der Waals surface area contributed by atoms with E-state index in [0.29, 0.717) is 17.7 Å². The summed E-state index contributed by atoms with van der Waals surface area (Å²) < 4.78 is 0.960. The number of imide groups is 1. The average Bonchev–Trinajstić information content (AvgIpc) is 2.73. The molecule has 2 aromatic carbocycles. The van der Waals surface area contributed by atoms with Crippen molar-refractivity contribution in [3.05, 3.63) is 68.3 Å². The first kappa shape index (κ1) is 14.3. The second kappa shape index (κ2) is 5.60. The molecule has 1 aliphatic heterocycles. The summed E-state index contributed by atoms with van der Waals surface area (Å²) in [6.45, 7) is 2.42. The summed E-state index contributed by atoms with van der Waals surface area (Å²) in [7, 11) is 0. The number of carbonyl (C=O) groups is 2. The SMILES string of the molecule is CCc1ccc(CN2C(=O)c3ccc(I)cc3C2=O)cc1. The van der Waals surface area contributed by atoms with Crippen molar-refractivity contribution in [1.82, 2.24) is 4.90 Å². The number of halogens is 1. The molecular formula is C17H14INO2. The van der Waals surface area contributed by atoms with Gasteiger partial charge in [0.25, 0.3) is 11.8 Å². The van der Waals surface area contributed by atoms with Crippen molar-refractivity contribution in [1.29, 1.82) is 0 Å². The lowest BCUT2D eigenvalue weighted by Gasteiger charge is -2.14. The molecule has 0 spiro atoms. The number of rotatable bonds is 3. The van der Waals surface area contributed by atoms with Gasteiger partial charge in [-0.15, -0.1) is 0 Å². The molecule has 0 fully saturated rings. The predicted octanol–water partition coefficient (Wildman–Crippen LogP) is 3.65. The largest absolute Gasteiger partial charge is 0.270 e. The maximum absolute atomic E-state index is 12.4. The van der Waals surface area contributed by atoms with Gasteiger partial charge in [-0.25, -0.2) is 0 Å². The van der Waals surface area contributed by atoms with E-state index in [-0.39, 0.29) is 11.8 Å². The Morgan fingerprint density at radius 2 is 1.52 bits per heavy atom. The molecule has 2 amide bonds. The molecule has 21 heavy (non-hydrogen) atoms. The fraction of sp³-hybridized carbons (Fsp3) is 0.176. The molecule has 0 atom stereocenters. The molecule has 0 aromatic heterocycles. The Kier molecular flexibility index (Phi) is 3.80. The van der Waals surface area contributed by atoms with E-state index < -0.39 is 0 Å². The van der Waals surface area contributed by atoms with Gasteiger partial charge in [-0.05, 0) is 58.3 Å². The molecule has 0 N–H and O–H groups in total. The van der Waals surface area contributed by atoms with E-state index in [1.165, 1.54) is 10.5 Å². The molecule has 0 bridgehead atoms. The summed E-state index contributed by atoms with van der Waals surface area (Å²) in [6.07, 6.45) is 0.978. The number of aryl methyl sites for hydroxylation is 1. The van der Waals surface area contributed by atoms with Crippen molar-refractivity contribution in [3.8, 4) is 0 Å². The van der Waals surface area contributed by atoms with Gasteiger partial charge in [0.2, 0.25) is 0 Å². The number of hydrogen-bond donors (Lipinski definition) is 0. The first-order chi connectivity index (χ1) is 10.1. The average molecular weight is 391 g/mol. The van der Waals surface area contributed by atoms with Gasteiger partial charge in [0, 0.05) is 3.57 Å². The molecule has 0 saturated carbocycles. The maximum atomic E-state index is 12.4. The monoisotopic (exact) mass is 391 g/mol. The van der Waals surface area contributed by atoms with Crippen LogP contribution in [0.2, 0.25) is 0 Å². The zero-order valence-corrected chi connectivity index (χ0v) is 13.8. The lowest BCUT2D eigenvalue weighted by atomic mass is 10.1. The van der Waals surface area contributed by atoms with Crippen LogP contribution in [0, 0.1) is 3.57 Å². The number of nitrogens with zero attached hydrogens (tertiary/aromatic N) is 1. The van der Waals surface area contributed by atoms with Crippen molar-refractivity contribution >= 4 is 34.4 Å². The number of carbonyl (C=O) groups excluding carboxylic acids is 2. The Labute approximate surface area is 137 Å². The Bertz CT molecular complexity index is 722. The smallest absolute Gasteiger partial charge is 0.261 e. The maximum Gasteiger partial charge on any atom is 0.261 e. The van der Waals surface area contributed by atoms with Gasteiger partial charge < -0.3 is 0 Å². The zero-order valence-electron chi connectivity index (χ0n) is 11.6. The van der Waals surface area contributed by atoms with Crippen LogP contribution in [-0.2, 0) is 13.0 Å². The predicted molar refractivity (Wildman–Crippen MR) is 89.2 cm³/mol. The third kappa shape index (κ3) is 2.60. The summed E-state index contributed by atoms with van der Waals surface area (Å²) in [5.41, 5.74) is 3.23. The first-order valence-corrected chi connectivity index (χ1v) is 7.91. The van der Waals surface area contributed by atoms with Gasteiger partial charge in [-0.2, -0.15) is 0 Å². The molecule has 0 radical (unpaired) electrons. The minimum absolute atomic E-state index is 0.201. The molecule has 3 rings (SSSR count). The van der Waals surface area contributed by atoms with Gasteiger partial charge in [0.1, 0.15) is 0 Å². The Morgan fingerprint density at radius 1 is 0.905 bits per heavy atom. The van der Waals surface area contributed by atoms with Crippen LogP contribution >= 0.6 is 22.6 Å². The number of hydrogen-bond acceptors (Lipinski definition) is 2. The van der Waals surface area contributed by atoms with Gasteiger partial charge in [0.05, 0.1) is 17.7 Å². The van der Waals surface area contributed by atoms with Crippen LogP contribution < -0.4 is 0 Å². The lowest BCUT2D eigenvalue weighted by Crippen LogP contribution is -2.29. The van der Waals surface area contributed by atoms with Gasteiger partial charge in [-0.1, -0.05) is 31.2 Å². The van der Waals surface area contributed by atoms with Crippen LogP contribution in [-0.4, -0.2) is 16.7 Å². The van der Waals surface area contributed by atoms with Crippen molar-refractivity contribution in [2.75, 3.05) is 0 Å². The fourth-order valence-corrected chi connectivity index (χ4v) is 2.96. The molecule has 0 aliphatic carbocycles. The van der Waals surface area contributed by atoms with E-state index in [4.69, 9.17) is 0 Å². The quantitative estimate of drug-likeness (QED) is 0.592. The van der Waals surface area contributed by atoms with Gasteiger partial charge >= 0.3 is 0 Å². The second-order valence-corrected chi connectivity index (χ2v) is 6.30. The number of fused-ring (bicyclic) bond motifs is 1. The highest BCUT2D eigenvalue weighted by molar-refractivity contribution is 14.1. The Hall–Kier alpha value is -1.69. The molecule has 0 unspecified atom stereocenters. The van der Waals surface area contributed by atoms with Crippen LogP contribution in [0.5, 0.6) is 0 Å². The third-order valence-electron chi connectivity index (χ3n) is 3.70. The van der Waals surface area contributed by atoms with E-state index in [1.54, 1.807) is 12.1 Å². The normalized spacial score (nSPS) is 13.7. The third-order valence-corrected chi connectivity index (χ3v) is 4.38. The minimum atomic E-state index is -0.203. The minimum Gasteiger partial charge on any atom is -0.270 e. The fourth-order valence-electron chi connectivity index (χ4n) is 2.47. The summed E-state index contributed by atoms with van der Waals surface area (Å²) >= 11 is 2.15. The highest BCUT2D eigenvalue weighted by Gasteiger charge is 2.35. The van der Waals surface area contributed by atoms with E-state index >= 15 is 0 Å². The molecule has 1 aliphatic rings. The zero-order chi connectivity index (χ0) is 15.0. The molecule has 0 saturated heterocycles. The van der Waals surface area contributed by atoms with Crippen LogP contribution in [0.1, 0.15) is 38.8 Å². The van der Waals surface area contributed by atoms with Gasteiger partial charge in [-0.3, -0.25) is 14.5 Å². The number of amides is 2. The Morgan fingerprint density at radius 3 is 2.19 bits per heavy atom. The molecule has 2 aromatic rings. The lowest BCUT2D eigenvalue weighted by molar-refractivity contribution is 0.0642. The molecular weight excluding hydrogens is 377 g/mol. The highest BCUT2D eigenvalue weighted by Crippen LogP contribution is 2.26. The van der Waals surface area contributed by atoms with Crippen molar-refractivity contribution in [3.63, 3.8) is 0 Å². The van der Waals surface area contributed by atoms with Crippen molar-refractivity contribution < 1.29 is 9.59 Å². The second-order valence-electron chi connectivity index (χ2n) is 5.06.